The van der Waals surface area contributed by atoms with Crippen molar-refractivity contribution in [2.45, 2.75) is 23.1 Å². The second kappa shape index (κ2) is 2.95. The highest BCUT2D eigenvalue weighted by Crippen LogP contribution is 2.34. The van der Waals surface area contributed by atoms with E-state index in [2.05, 4.69) is 20.7 Å². The fraction of sp³-hybridized carbons (Fsp3) is 1.00. The summed E-state index contributed by atoms with van der Waals surface area (Å²) in [7, 11) is 0. The Labute approximate surface area is 70.7 Å². The highest BCUT2D eigenvalue weighted by Gasteiger charge is 2.50. The first kappa shape index (κ1) is 9.34. The molecule has 1 fully saturated rings. The van der Waals surface area contributed by atoms with Crippen LogP contribution in [0.25, 0.3) is 0 Å². The van der Waals surface area contributed by atoms with Crippen molar-refractivity contribution in [3.05, 3.63) is 0 Å². The first-order valence-corrected chi connectivity index (χ1v) is 3.79. The molecule has 0 bridgehead atoms. The van der Waals surface area contributed by atoms with Crippen molar-refractivity contribution in [2.75, 3.05) is 6.61 Å². The lowest BCUT2D eigenvalue weighted by atomic mass is 10.1. The molecule has 0 amide bonds. The third kappa shape index (κ3) is 1.54. The summed E-state index contributed by atoms with van der Waals surface area (Å²) in [5, 5.41) is 26.6. The van der Waals surface area contributed by atoms with Gasteiger partial charge in [0.1, 0.15) is 12.2 Å². The molecule has 3 N–H and O–H groups in total. The van der Waals surface area contributed by atoms with Crippen molar-refractivity contribution >= 4 is 15.9 Å². The third-order valence-corrected chi connectivity index (χ3v) is 2.37. The molecule has 66 valence electrons. The Kier molecular flexibility index (Phi) is 2.50. The average molecular weight is 231 g/mol. The molecule has 0 saturated carbocycles. The second-order valence-corrected chi connectivity index (χ2v) is 3.59. The Morgan fingerprint density at radius 3 is 2.45 bits per heavy atom. The SMILES string of the molecule is O[C@@H]1CO[C@H](O)[C@@](F)(Br)[C@@H]1O. The van der Waals surface area contributed by atoms with Crippen molar-refractivity contribution in [3.8, 4) is 0 Å². The van der Waals surface area contributed by atoms with Gasteiger partial charge in [-0.2, -0.15) is 0 Å². The van der Waals surface area contributed by atoms with E-state index in [1.807, 2.05) is 0 Å². The molecule has 1 saturated heterocycles. The predicted molar refractivity (Wildman–Crippen MR) is 36.7 cm³/mol. The molecule has 1 aliphatic heterocycles. The normalized spacial score (nSPS) is 52.6. The monoisotopic (exact) mass is 230 g/mol. The standard InChI is InChI=1S/C5H8BrFO4/c6-5(7)3(9)2(8)1-11-4(5)10/h2-4,8-10H,1H2/t2-,3-,4+,5-/m1/s1. The third-order valence-electron chi connectivity index (χ3n) is 1.51. The van der Waals surface area contributed by atoms with Gasteiger partial charge in [-0.1, -0.05) is 0 Å². The van der Waals surface area contributed by atoms with Crippen molar-refractivity contribution in [3.63, 3.8) is 0 Å². The predicted octanol–water partition coefficient (Wildman–Crippen LogP) is -0.883. The molecule has 0 radical (unpaired) electrons. The van der Waals surface area contributed by atoms with E-state index in [-0.39, 0.29) is 6.61 Å². The molecule has 1 heterocycles. The summed E-state index contributed by atoms with van der Waals surface area (Å²) >= 11 is 2.41. The van der Waals surface area contributed by atoms with Crippen molar-refractivity contribution < 1.29 is 24.4 Å². The molecule has 1 rings (SSSR count). The molecular weight excluding hydrogens is 223 g/mol. The minimum Gasteiger partial charge on any atom is -0.388 e. The molecule has 1 aliphatic rings. The van der Waals surface area contributed by atoms with Gasteiger partial charge in [0.05, 0.1) is 6.61 Å². The summed E-state index contributed by atoms with van der Waals surface area (Å²) in [6.45, 7) is -0.278. The zero-order chi connectivity index (χ0) is 8.65. The Morgan fingerprint density at radius 2 is 2.00 bits per heavy atom. The molecule has 6 heteroatoms. The van der Waals surface area contributed by atoms with E-state index in [0.29, 0.717) is 0 Å². The van der Waals surface area contributed by atoms with Gasteiger partial charge in [-0.15, -0.1) is 0 Å². The molecule has 0 aromatic carbocycles. The van der Waals surface area contributed by atoms with Gasteiger partial charge in [0.2, 0.25) is 10.9 Å². The van der Waals surface area contributed by atoms with E-state index >= 15 is 0 Å². The van der Waals surface area contributed by atoms with E-state index in [0.717, 1.165) is 0 Å². The number of ether oxygens (including phenoxy) is 1. The summed E-state index contributed by atoms with van der Waals surface area (Å²) < 4.78 is 15.0. The number of hydrogen-bond donors (Lipinski definition) is 3. The fourth-order valence-corrected chi connectivity index (χ4v) is 1.23. The first-order valence-electron chi connectivity index (χ1n) is 3.00. The number of rotatable bonds is 0. The van der Waals surface area contributed by atoms with Gasteiger partial charge in [-0.25, -0.2) is 4.39 Å². The van der Waals surface area contributed by atoms with Gasteiger partial charge in [-0.3, -0.25) is 0 Å². The number of aliphatic hydroxyl groups excluding tert-OH is 3. The van der Waals surface area contributed by atoms with Crippen LogP contribution in [-0.4, -0.2) is 45.0 Å². The summed E-state index contributed by atoms with van der Waals surface area (Å²) in [5.41, 5.74) is 0. The topological polar surface area (TPSA) is 69.9 Å². The molecular formula is C5H8BrFO4. The van der Waals surface area contributed by atoms with Crippen LogP contribution in [0.5, 0.6) is 0 Å². The van der Waals surface area contributed by atoms with Crippen LogP contribution in [0, 0.1) is 0 Å². The first-order chi connectivity index (χ1) is 4.96. The summed E-state index contributed by atoms with van der Waals surface area (Å²) in [6, 6.07) is 0. The van der Waals surface area contributed by atoms with E-state index in [1.54, 1.807) is 0 Å². The fourth-order valence-electron chi connectivity index (χ4n) is 0.795. The van der Waals surface area contributed by atoms with Crippen LogP contribution in [0.15, 0.2) is 0 Å². The average Bonchev–Trinajstić information content (AvgIpc) is 1.95. The Morgan fingerprint density at radius 1 is 1.45 bits per heavy atom. The summed E-state index contributed by atoms with van der Waals surface area (Å²) in [6.07, 6.45) is -4.74. The van der Waals surface area contributed by atoms with Crippen LogP contribution in [0.3, 0.4) is 0 Å². The molecule has 0 spiro atoms. The molecule has 11 heavy (non-hydrogen) atoms. The van der Waals surface area contributed by atoms with E-state index in [1.165, 1.54) is 0 Å². The minimum absolute atomic E-state index is 0.278. The van der Waals surface area contributed by atoms with Gasteiger partial charge in [0, 0.05) is 0 Å². The lowest BCUT2D eigenvalue weighted by Crippen LogP contribution is -2.56. The number of hydrogen-bond acceptors (Lipinski definition) is 4. The number of aliphatic hydroxyl groups is 3. The Balaban J connectivity index is 2.72. The smallest absolute Gasteiger partial charge is 0.243 e. The van der Waals surface area contributed by atoms with Gasteiger partial charge in [0.15, 0.2) is 0 Å². The highest BCUT2D eigenvalue weighted by atomic mass is 79.9. The summed E-state index contributed by atoms with van der Waals surface area (Å²) in [4.78, 5) is 0. The van der Waals surface area contributed by atoms with E-state index in [9.17, 15) is 4.39 Å². The quantitative estimate of drug-likeness (QED) is 0.473. The largest absolute Gasteiger partial charge is 0.388 e. The Bertz CT molecular complexity index is 153. The van der Waals surface area contributed by atoms with E-state index < -0.39 is 23.1 Å². The molecule has 4 nitrogen and oxygen atoms in total. The molecule has 4 atom stereocenters. The Hall–Kier alpha value is 0.250. The summed E-state index contributed by atoms with van der Waals surface area (Å²) in [5.74, 6) is 0. The number of halogens is 2. The maximum atomic E-state index is 13.0. The van der Waals surface area contributed by atoms with Crippen molar-refractivity contribution in [2.24, 2.45) is 0 Å². The lowest BCUT2D eigenvalue weighted by Gasteiger charge is -2.36. The van der Waals surface area contributed by atoms with Gasteiger partial charge >= 0.3 is 0 Å². The molecule has 0 aromatic rings. The van der Waals surface area contributed by atoms with Crippen LogP contribution in [0.2, 0.25) is 0 Å². The van der Waals surface area contributed by atoms with Crippen LogP contribution in [0.1, 0.15) is 0 Å². The lowest BCUT2D eigenvalue weighted by molar-refractivity contribution is -0.243. The zero-order valence-corrected chi connectivity index (χ0v) is 7.03. The number of alkyl halides is 2. The second-order valence-electron chi connectivity index (χ2n) is 2.37. The van der Waals surface area contributed by atoms with Crippen LogP contribution in [0.4, 0.5) is 4.39 Å². The van der Waals surface area contributed by atoms with Gasteiger partial charge in [0.25, 0.3) is 0 Å². The molecule has 0 aliphatic carbocycles. The maximum absolute atomic E-state index is 13.0. The van der Waals surface area contributed by atoms with Crippen LogP contribution in [-0.2, 0) is 4.74 Å². The van der Waals surface area contributed by atoms with Crippen LogP contribution < -0.4 is 0 Å². The van der Waals surface area contributed by atoms with Gasteiger partial charge in [-0.05, 0) is 15.9 Å². The highest BCUT2D eigenvalue weighted by molar-refractivity contribution is 9.10. The molecule has 0 unspecified atom stereocenters. The van der Waals surface area contributed by atoms with Crippen molar-refractivity contribution in [1.29, 1.82) is 0 Å². The van der Waals surface area contributed by atoms with Crippen LogP contribution >= 0.6 is 15.9 Å². The van der Waals surface area contributed by atoms with Crippen molar-refractivity contribution in [1.82, 2.24) is 0 Å². The molecule has 0 aromatic heterocycles. The van der Waals surface area contributed by atoms with Gasteiger partial charge < -0.3 is 20.1 Å². The van der Waals surface area contributed by atoms with E-state index in [4.69, 9.17) is 15.3 Å². The minimum atomic E-state index is -2.48. The zero-order valence-electron chi connectivity index (χ0n) is 5.44. The maximum Gasteiger partial charge on any atom is 0.243 e.